The summed E-state index contributed by atoms with van der Waals surface area (Å²) in [5, 5.41) is 14.6. The number of hydrogen-bond donors (Lipinski definition) is 2. The zero-order chi connectivity index (χ0) is 17.4. The van der Waals surface area contributed by atoms with E-state index >= 15 is 0 Å². The van der Waals surface area contributed by atoms with Gasteiger partial charge in [-0.2, -0.15) is 9.61 Å². The fourth-order valence-corrected chi connectivity index (χ4v) is 2.77. The minimum Gasteiger partial charge on any atom is -0.493 e. The number of rotatable bonds is 3. The van der Waals surface area contributed by atoms with Crippen LogP contribution < -0.4 is 5.56 Å². The van der Waals surface area contributed by atoms with Crippen LogP contribution in [0.1, 0.15) is 11.1 Å². The maximum atomic E-state index is 13.9. The summed E-state index contributed by atoms with van der Waals surface area (Å²) < 4.78 is 15.1. The molecule has 0 unspecified atom stereocenters. The van der Waals surface area contributed by atoms with Crippen molar-refractivity contribution in [2.45, 2.75) is 6.42 Å². The van der Waals surface area contributed by atoms with Crippen LogP contribution in [0.3, 0.4) is 0 Å². The highest BCUT2D eigenvalue weighted by atomic mass is 19.1. The van der Waals surface area contributed by atoms with Crippen molar-refractivity contribution in [3.8, 4) is 17.0 Å². The second-order valence-electron chi connectivity index (χ2n) is 5.58. The van der Waals surface area contributed by atoms with Gasteiger partial charge in [0.05, 0.1) is 11.8 Å². The highest BCUT2D eigenvalue weighted by Gasteiger charge is 2.17. The van der Waals surface area contributed by atoms with Gasteiger partial charge in [-0.3, -0.25) is 9.78 Å². The van der Waals surface area contributed by atoms with E-state index in [1.165, 1.54) is 16.8 Å². The first kappa shape index (κ1) is 15.1. The average Bonchev–Trinajstić information content (AvgIpc) is 3.04. The summed E-state index contributed by atoms with van der Waals surface area (Å²) in [6.07, 6.45) is 4.78. The normalized spacial score (nSPS) is 11.1. The number of pyridine rings is 1. The van der Waals surface area contributed by atoms with Gasteiger partial charge in [0.1, 0.15) is 11.5 Å². The third-order valence-electron chi connectivity index (χ3n) is 4.04. The van der Waals surface area contributed by atoms with E-state index in [2.05, 4.69) is 15.1 Å². The van der Waals surface area contributed by atoms with Gasteiger partial charge in [-0.15, -0.1) is 0 Å². The largest absolute Gasteiger partial charge is 0.493 e. The van der Waals surface area contributed by atoms with Crippen molar-refractivity contribution < 1.29 is 9.50 Å². The lowest BCUT2D eigenvalue weighted by atomic mass is 10.1. The quantitative estimate of drug-likeness (QED) is 0.602. The molecule has 0 saturated carbocycles. The smallest absolute Gasteiger partial charge is 0.258 e. The van der Waals surface area contributed by atoms with Crippen LogP contribution in [0.25, 0.3) is 16.8 Å². The fraction of sp³-hybridized carbons (Fsp3) is 0.0556. The van der Waals surface area contributed by atoms with E-state index in [1.807, 2.05) is 6.07 Å². The number of nitrogens with zero attached hydrogens (tertiary/aromatic N) is 3. The molecule has 0 aliphatic rings. The van der Waals surface area contributed by atoms with Gasteiger partial charge in [0.25, 0.3) is 5.56 Å². The molecule has 0 saturated heterocycles. The first-order valence-electron chi connectivity index (χ1n) is 7.61. The predicted octanol–water partition coefficient (Wildman–Crippen LogP) is 2.52. The van der Waals surface area contributed by atoms with E-state index < -0.39 is 11.4 Å². The fourth-order valence-electron chi connectivity index (χ4n) is 2.77. The van der Waals surface area contributed by atoms with Crippen LogP contribution in [0.4, 0.5) is 4.39 Å². The molecule has 4 rings (SSSR count). The number of aromatic hydroxyl groups is 1. The summed E-state index contributed by atoms with van der Waals surface area (Å²) in [5.74, 6) is -0.741. The van der Waals surface area contributed by atoms with Crippen molar-refractivity contribution in [2.24, 2.45) is 0 Å². The summed E-state index contributed by atoms with van der Waals surface area (Å²) in [4.78, 5) is 19.2. The lowest BCUT2D eigenvalue weighted by molar-refractivity contribution is 0.427. The zero-order valence-electron chi connectivity index (χ0n) is 13.0. The molecule has 6 nitrogen and oxygen atoms in total. The number of fused-ring (bicyclic) bond motifs is 1. The van der Waals surface area contributed by atoms with E-state index in [4.69, 9.17) is 0 Å². The molecule has 7 heteroatoms. The van der Waals surface area contributed by atoms with Crippen LogP contribution in [0.5, 0.6) is 5.88 Å². The summed E-state index contributed by atoms with van der Waals surface area (Å²) in [7, 11) is 0. The molecule has 0 fully saturated rings. The molecular weight excluding hydrogens is 323 g/mol. The average molecular weight is 336 g/mol. The second kappa shape index (κ2) is 5.86. The lowest BCUT2D eigenvalue weighted by Gasteiger charge is -2.07. The molecule has 4 aromatic rings. The van der Waals surface area contributed by atoms with Crippen LogP contribution in [-0.2, 0) is 6.42 Å². The van der Waals surface area contributed by atoms with Crippen molar-refractivity contribution in [1.29, 1.82) is 0 Å². The van der Waals surface area contributed by atoms with Crippen LogP contribution in [0.2, 0.25) is 0 Å². The van der Waals surface area contributed by atoms with Crippen LogP contribution in [0.15, 0.2) is 59.8 Å². The van der Waals surface area contributed by atoms with Gasteiger partial charge >= 0.3 is 0 Å². The molecule has 25 heavy (non-hydrogen) atoms. The maximum Gasteiger partial charge on any atom is 0.258 e. The van der Waals surface area contributed by atoms with E-state index in [1.54, 1.807) is 36.7 Å². The Kier molecular flexibility index (Phi) is 3.53. The molecular formula is C18H13FN4O2. The molecule has 124 valence electrons. The Labute approximate surface area is 141 Å². The van der Waals surface area contributed by atoms with Crippen molar-refractivity contribution in [2.75, 3.05) is 0 Å². The van der Waals surface area contributed by atoms with E-state index in [0.29, 0.717) is 16.8 Å². The van der Waals surface area contributed by atoms with Crippen LogP contribution in [-0.4, -0.2) is 24.7 Å². The second-order valence-corrected chi connectivity index (χ2v) is 5.58. The first-order chi connectivity index (χ1) is 12.1. The zero-order valence-corrected chi connectivity index (χ0v) is 13.0. The molecule has 0 spiro atoms. The van der Waals surface area contributed by atoms with E-state index in [0.717, 1.165) is 5.56 Å². The van der Waals surface area contributed by atoms with Gasteiger partial charge in [-0.25, -0.2) is 4.39 Å². The summed E-state index contributed by atoms with van der Waals surface area (Å²) in [5.41, 5.74) is 1.64. The molecule has 0 bridgehead atoms. The van der Waals surface area contributed by atoms with Gasteiger partial charge in [-0.1, -0.05) is 24.3 Å². The standard InChI is InChI=1S/C18H13FN4O2/c19-15-6-2-1-4-11(15)8-13-17(24)22-16-14(10-21-23(16)18(13)25)12-5-3-7-20-9-12/h1-7,9-10,25H,8H2,(H,22,24). The molecule has 0 amide bonds. The Balaban J connectivity index is 1.86. The maximum absolute atomic E-state index is 13.9. The van der Waals surface area contributed by atoms with Crippen LogP contribution in [0, 0.1) is 5.82 Å². The molecule has 2 N–H and O–H groups in total. The summed E-state index contributed by atoms with van der Waals surface area (Å²) >= 11 is 0. The number of nitrogens with one attached hydrogen (secondary N) is 1. The lowest BCUT2D eigenvalue weighted by Crippen LogP contribution is -2.16. The molecule has 1 aromatic carbocycles. The third kappa shape index (κ3) is 2.55. The molecule has 3 aromatic heterocycles. The minimum atomic E-state index is -0.487. The Morgan fingerprint density at radius 2 is 2.00 bits per heavy atom. The Hall–Kier alpha value is -3.48. The summed E-state index contributed by atoms with van der Waals surface area (Å²) in [6.45, 7) is 0. The molecule has 3 heterocycles. The van der Waals surface area contributed by atoms with Crippen molar-refractivity contribution in [1.82, 2.24) is 19.6 Å². The van der Waals surface area contributed by atoms with Gasteiger partial charge in [0.2, 0.25) is 5.88 Å². The molecule has 0 atom stereocenters. The number of aromatic amines is 1. The van der Waals surface area contributed by atoms with Crippen molar-refractivity contribution in [3.63, 3.8) is 0 Å². The van der Waals surface area contributed by atoms with Crippen LogP contribution >= 0.6 is 0 Å². The van der Waals surface area contributed by atoms with E-state index in [9.17, 15) is 14.3 Å². The molecule has 0 aliphatic carbocycles. The number of halogens is 1. The summed E-state index contributed by atoms with van der Waals surface area (Å²) in [6, 6.07) is 9.72. The highest BCUT2D eigenvalue weighted by molar-refractivity contribution is 5.76. The molecule has 0 aliphatic heterocycles. The van der Waals surface area contributed by atoms with Crippen molar-refractivity contribution in [3.05, 3.63) is 82.3 Å². The van der Waals surface area contributed by atoms with Crippen molar-refractivity contribution >= 4 is 5.65 Å². The predicted molar refractivity (Wildman–Crippen MR) is 89.9 cm³/mol. The number of aromatic nitrogens is 4. The topological polar surface area (TPSA) is 83.3 Å². The Bertz CT molecular complexity index is 1120. The number of H-pyrrole nitrogens is 1. The molecule has 0 radical (unpaired) electrons. The first-order valence-corrected chi connectivity index (χ1v) is 7.61. The highest BCUT2D eigenvalue weighted by Crippen LogP contribution is 2.26. The minimum absolute atomic E-state index is 0.0358. The van der Waals surface area contributed by atoms with Gasteiger partial charge < -0.3 is 10.1 Å². The van der Waals surface area contributed by atoms with Gasteiger partial charge in [-0.05, 0) is 17.7 Å². The third-order valence-corrected chi connectivity index (χ3v) is 4.04. The Morgan fingerprint density at radius 1 is 1.16 bits per heavy atom. The SMILES string of the molecule is O=c1[nH]c2c(-c3cccnc3)cnn2c(O)c1Cc1ccccc1F. The number of hydrogen-bond acceptors (Lipinski definition) is 4. The van der Waals surface area contributed by atoms with E-state index in [-0.39, 0.29) is 17.9 Å². The monoisotopic (exact) mass is 336 g/mol. The number of benzene rings is 1. The van der Waals surface area contributed by atoms with Gasteiger partial charge in [0.15, 0.2) is 0 Å². The van der Waals surface area contributed by atoms with Gasteiger partial charge in [0, 0.05) is 29.9 Å². The Morgan fingerprint density at radius 3 is 2.76 bits per heavy atom.